The number of amides is 1. The fourth-order valence-corrected chi connectivity index (χ4v) is 1.81. The largest absolute Gasteiger partial charge is 0.412 e. The van der Waals surface area contributed by atoms with Crippen LogP contribution in [-0.4, -0.2) is 23.6 Å². The zero-order valence-corrected chi connectivity index (χ0v) is 10.5. The molecule has 96 valence electrons. The molecule has 0 fully saturated rings. The van der Waals surface area contributed by atoms with Crippen molar-refractivity contribution in [1.29, 1.82) is 0 Å². The molecule has 1 aliphatic heterocycles. The Labute approximate surface area is 112 Å². The number of hydrogen-bond donors (Lipinski definition) is 2. The summed E-state index contributed by atoms with van der Waals surface area (Å²) in [7, 11) is 0. The second kappa shape index (κ2) is 5.81. The van der Waals surface area contributed by atoms with Crippen LogP contribution in [0.1, 0.15) is 5.56 Å². The Hall–Kier alpha value is -1.63. The molecule has 8 heteroatoms. The molecule has 1 aromatic carbocycles. The van der Waals surface area contributed by atoms with Gasteiger partial charge in [-0.2, -0.15) is 0 Å². The average molecular weight is 290 g/mol. The van der Waals surface area contributed by atoms with Crippen LogP contribution in [0, 0.1) is 0 Å². The summed E-state index contributed by atoms with van der Waals surface area (Å²) in [5, 5.41) is 6.02. The van der Waals surface area contributed by atoms with Crippen molar-refractivity contribution in [3.05, 3.63) is 27.7 Å². The molecule has 0 atom stereocenters. The van der Waals surface area contributed by atoms with E-state index in [-0.39, 0.29) is 24.3 Å². The second-order valence-corrected chi connectivity index (χ2v) is 4.07. The smallest absolute Gasteiger partial charge is 0.290 e. The maximum atomic E-state index is 10.9. The van der Waals surface area contributed by atoms with Gasteiger partial charge in [-0.05, 0) is 12.1 Å². The van der Waals surface area contributed by atoms with E-state index in [1.54, 1.807) is 12.1 Å². The Morgan fingerprint density at radius 2 is 2.17 bits per heavy atom. The first-order valence-corrected chi connectivity index (χ1v) is 5.42. The van der Waals surface area contributed by atoms with Crippen LogP contribution in [0.15, 0.2) is 17.1 Å². The number of hydrogen-bond acceptors (Lipinski definition) is 4. The first-order valence-electron chi connectivity index (χ1n) is 4.66. The van der Waals surface area contributed by atoms with Gasteiger partial charge >= 0.3 is 0 Å². The number of benzene rings is 1. The van der Waals surface area contributed by atoms with E-state index < -0.39 is 5.91 Å². The average Bonchev–Trinajstić information content (AvgIpc) is 2.34. The van der Waals surface area contributed by atoms with Gasteiger partial charge in [-0.25, -0.2) is 4.99 Å². The van der Waals surface area contributed by atoms with Gasteiger partial charge in [0.15, 0.2) is 0 Å². The van der Waals surface area contributed by atoms with Crippen molar-refractivity contribution in [2.75, 3.05) is 5.32 Å². The third-order valence-electron chi connectivity index (χ3n) is 2.19. The number of nitrogens with one attached hydrogen (secondary N) is 2. The van der Waals surface area contributed by atoms with E-state index in [1.165, 1.54) is 0 Å². The lowest BCUT2D eigenvalue weighted by Gasteiger charge is -2.19. The highest BCUT2D eigenvalue weighted by atomic mass is 35.5. The number of carbonyl (C=O) groups is 2. The van der Waals surface area contributed by atoms with Gasteiger partial charge in [0.05, 0.1) is 16.6 Å². The van der Waals surface area contributed by atoms with Gasteiger partial charge < -0.3 is 10.8 Å². The van der Waals surface area contributed by atoms with Crippen LogP contribution in [0.3, 0.4) is 0 Å². The van der Waals surface area contributed by atoms with Crippen LogP contribution in [0.2, 0.25) is 10.0 Å². The van der Waals surface area contributed by atoms with Crippen molar-refractivity contribution in [2.24, 2.45) is 4.99 Å². The third kappa shape index (κ3) is 2.79. The van der Waals surface area contributed by atoms with E-state index in [2.05, 4.69) is 15.6 Å². The summed E-state index contributed by atoms with van der Waals surface area (Å²) in [6.45, 7) is 0.288. The summed E-state index contributed by atoms with van der Waals surface area (Å²) < 4.78 is 0. The maximum Gasteiger partial charge on any atom is 0.290 e. The van der Waals surface area contributed by atoms with E-state index >= 15 is 0 Å². The molecule has 0 saturated heterocycles. The van der Waals surface area contributed by atoms with Crippen LogP contribution in [0.25, 0.3) is 0 Å². The quantitative estimate of drug-likeness (QED) is 0.589. The molecule has 0 unspecified atom stereocenters. The summed E-state index contributed by atoms with van der Waals surface area (Å²) in [4.78, 5) is 25.1. The number of halogens is 2. The van der Waals surface area contributed by atoms with Crippen molar-refractivity contribution in [2.45, 2.75) is 6.54 Å². The van der Waals surface area contributed by atoms with E-state index in [4.69, 9.17) is 23.2 Å². The molecule has 0 radical (unpaired) electrons. The zero-order chi connectivity index (χ0) is 12.4. The predicted molar refractivity (Wildman–Crippen MR) is 69.0 cm³/mol. The fraction of sp³-hybridized carbons (Fsp3) is 0.100. The lowest BCUT2D eigenvalue weighted by atomic mass is 10.1. The lowest BCUT2D eigenvalue weighted by Crippen LogP contribution is -2.38. The van der Waals surface area contributed by atoms with Crippen molar-refractivity contribution in [3.63, 3.8) is 0 Å². The Balaban J connectivity index is 0.00000162. The molecule has 1 aromatic rings. The van der Waals surface area contributed by atoms with Gasteiger partial charge in [0.2, 0.25) is 12.2 Å². The maximum absolute atomic E-state index is 10.9. The highest BCUT2D eigenvalue weighted by Gasteiger charge is 2.17. The number of nitrogens with zero attached hydrogens (tertiary/aromatic N) is 1. The number of aldehydes is 1. The normalized spacial score (nSPS) is 12.4. The molecule has 1 amide bonds. The minimum Gasteiger partial charge on any atom is -0.412 e. The molecule has 4 N–H and O–H groups in total. The van der Waals surface area contributed by atoms with E-state index in [1.807, 2.05) is 0 Å². The zero-order valence-electron chi connectivity index (χ0n) is 8.96. The molecule has 6 nitrogen and oxygen atoms in total. The van der Waals surface area contributed by atoms with E-state index in [9.17, 15) is 9.59 Å². The summed E-state index contributed by atoms with van der Waals surface area (Å²) in [6.07, 6.45) is 0.175. The summed E-state index contributed by atoms with van der Waals surface area (Å²) in [5.74, 6) is -0.548. The third-order valence-corrected chi connectivity index (χ3v) is 3.04. The van der Waals surface area contributed by atoms with Crippen molar-refractivity contribution >= 4 is 47.0 Å². The SMILES string of the molecule is O.O=CC(=O)NC1=NCc2c(ccc(Cl)c2Cl)N1. The van der Waals surface area contributed by atoms with E-state index in [0.29, 0.717) is 15.7 Å². The molecule has 1 aliphatic rings. The lowest BCUT2D eigenvalue weighted by molar-refractivity contribution is -0.130. The number of anilines is 1. The van der Waals surface area contributed by atoms with Gasteiger partial charge in [-0.1, -0.05) is 23.2 Å². The number of aliphatic imine (C=N–C) groups is 1. The first-order chi connectivity index (χ1) is 8.11. The molecule has 0 aromatic heterocycles. The molecule has 0 aliphatic carbocycles. The molecule has 0 bridgehead atoms. The fourth-order valence-electron chi connectivity index (χ4n) is 1.41. The molecular formula is C10H9Cl2N3O3. The standard InChI is InChI=1S/C10H7Cl2N3O2.H2O/c11-6-1-2-7-5(9(6)12)3-13-10(14-7)15-8(17)4-16;/h1-2,4H,3H2,(H2,13,14,15,17);1H2. The van der Waals surface area contributed by atoms with Gasteiger partial charge in [-0.15, -0.1) is 0 Å². The highest BCUT2D eigenvalue weighted by molar-refractivity contribution is 6.43. The molecule has 0 saturated carbocycles. The van der Waals surface area contributed by atoms with Gasteiger partial charge in [-0.3, -0.25) is 14.9 Å². The van der Waals surface area contributed by atoms with Crippen LogP contribution >= 0.6 is 23.2 Å². The van der Waals surface area contributed by atoms with Gasteiger partial charge in [0.1, 0.15) is 0 Å². The molecule has 18 heavy (non-hydrogen) atoms. The Morgan fingerprint density at radius 3 is 2.83 bits per heavy atom. The predicted octanol–water partition coefficient (Wildman–Crippen LogP) is 0.765. The number of carbonyl (C=O) groups excluding carboxylic acids is 2. The second-order valence-electron chi connectivity index (χ2n) is 3.28. The highest BCUT2D eigenvalue weighted by Crippen LogP contribution is 2.33. The minimum atomic E-state index is -0.764. The van der Waals surface area contributed by atoms with Gasteiger partial charge in [0.25, 0.3) is 5.91 Å². The first kappa shape index (κ1) is 14.4. The summed E-state index contributed by atoms with van der Waals surface area (Å²) >= 11 is 11.9. The van der Waals surface area contributed by atoms with Crippen molar-refractivity contribution in [1.82, 2.24) is 5.32 Å². The molecule has 0 spiro atoms. The summed E-state index contributed by atoms with van der Waals surface area (Å²) in [5.41, 5.74) is 1.46. The Bertz CT molecular complexity index is 531. The Kier molecular flexibility index (Phi) is 4.66. The molecule has 1 heterocycles. The van der Waals surface area contributed by atoms with Crippen LogP contribution in [-0.2, 0) is 16.1 Å². The van der Waals surface area contributed by atoms with Crippen LogP contribution in [0.5, 0.6) is 0 Å². The number of rotatable bonds is 1. The van der Waals surface area contributed by atoms with Gasteiger partial charge in [0, 0.05) is 11.3 Å². The minimum absolute atomic E-state index is 0. The topological polar surface area (TPSA) is 102 Å². The molecular weight excluding hydrogens is 281 g/mol. The van der Waals surface area contributed by atoms with Crippen LogP contribution < -0.4 is 10.6 Å². The van der Waals surface area contributed by atoms with Crippen molar-refractivity contribution in [3.8, 4) is 0 Å². The van der Waals surface area contributed by atoms with Crippen LogP contribution in [0.4, 0.5) is 5.69 Å². The molecule has 2 rings (SSSR count). The van der Waals surface area contributed by atoms with Crippen molar-refractivity contribution < 1.29 is 15.1 Å². The summed E-state index contributed by atoms with van der Waals surface area (Å²) in [6, 6.07) is 3.37. The monoisotopic (exact) mass is 289 g/mol. The van der Waals surface area contributed by atoms with E-state index in [0.717, 1.165) is 5.56 Å². The number of guanidine groups is 1. The number of fused-ring (bicyclic) bond motifs is 1. The Morgan fingerprint density at radius 1 is 1.44 bits per heavy atom.